The largest absolute Gasteiger partial charge is 0.506 e. The highest BCUT2D eigenvalue weighted by molar-refractivity contribution is 6.30. The van der Waals surface area contributed by atoms with Crippen molar-refractivity contribution in [3.8, 4) is 0 Å². The molecule has 0 spiro atoms. The van der Waals surface area contributed by atoms with Crippen LogP contribution in [0.2, 0.25) is 0 Å². The lowest BCUT2D eigenvalue weighted by molar-refractivity contribution is 0.104. The first-order valence-electron chi connectivity index (χ1n) is 6.80. The van der Waals surface area contributed by atoms with Gasteiger partial charge in [0.25, 0.3) is 0 Å². The number of carbonyl (C=O) groups excluding carboxylic acids is 1. The predicted octanol–water partition coefficient (Wildman–Crippen LogP) is 2.51. The van der Waals surface area contributed by atoms with Crippen LogP contribution in [0.15, 0.2) is 53.6 Å². The van der Waals surface area contributed by atoms with Crippen LogP contribution in [0.25, 0.3) is 5.76 Å². The van der Waals surface area contributed by atoms with Crippen molar-refractivity contribution in [3.05, 3.63) is 59.7 Å². The first-order chi connectivity index (χ1) is 10.3. The smallest absolute Gasteiger partial charge is 0.199 e. The predicted molar refractivity (Wildman–Crippen MR) is 80.5 cm³/mol. The van der Waals surface area contributed by atoms with Crippen molar-refractivity contribution in [2.75, 3.05) is 6.54 Å². The molecule has 0 saturated heterocycles. The van der Waals surface area contributed by atoms with Crippen LogP contribution in [0.5, 0.6) is 0 Å². The molecule has 3 rings (SSSR count). The van der Waals surface area contributed by atoms with E-state index in [4.69, 9.17) is 0 Å². The Morgan fingerprint density at radius 3 is 2.81 bits per heavy atom. The van der Waals surface area contributed by atoms with Gasteiger partial charge in [-0.2, -0.15) is 0 Å². The first-order valence-corrected chi connectivity index (χ1v) is 6.80. The zero-order valence-corrected chi connectivity index (χ0v) is 11.4. The Kier molecular flexibility index (Phi) is 3.64. The number of carbonyl (C=O) groups is 1. The topological polar surface area (TPSA) is 67.5 Å². The average Bonchev–Trinajstić information content (AvgIpc) is 3.10. The molecular weight excluding hydrogens is 266 g/mol. The number of nitrogens with zero attached hydrogens (tertiary/aromatic N) is 3. The third-order valence-corrected chi connectivity index (χ3v) is 3.41. The van der Waals surface area contributed by atoms with E-state index in [9.17, 15) is 9.90 Å². The van der Waals surface area contributed by atoms with Gasteiger partial charge in [0.1, 0.15) is 5.76 Å². The summed E-state index contributed by atoms with van der Waals surface area (Å²) in [6.07, 6.45) is 7.72. The summed E-state index contributed by atoms with van der Waals surface area (Å²) in [4.78, 5) is 20.3. The second kappa shape index (κ2) is 5.75. The molecule has 0 saturated carbocycles. The number of hydrogen-bond donors (Lipinski definition) is 1. The van der Waals surface area contributed by atoms with Gasteiger partial charge in [0.15, 0.2) is 5.78 Å². The van der Waals surface area contributed by atoms with E-state index in [1.165, 1.54) is 6.21 Å². The van der Waals surface area contributed by atoms with E-state index in [1.807, 2.05) is 10.8 Å². The summed E-state index contributed by atoms with van der Waals surface area (Å²) < 4.78 is 1.98. The van der Waals surface area contributed by atoms with Crippen molar-refractivity contribution < 1.29 is 9.90 Å². The van der Waals surface area contributed by atoms with Crippen LogP contribution in [-0.4, -0.2) is 33.2 Å². The maximum absolute atomic E-state index is 12.1. The number of aliphatic imine (C=N–C) groups is 1. The summed E-state index contributed by atoms with van der Waals surface area (Å²) >= 11 is 0. The second-order valence-electron chi connectivity index (χ2n) is 4.83. The zero-order chi connectivity index (χ0) is 14.7. The van der Waals surface area contributed by atoms with Gasteiger partial charge in [-0.05, 0) is 6.42 Å². The molecule has 0 aliphatic heterocycles. The summed E-state index contributed by atoms with van der Waals surface area (Å²) in [6.45, 7) is 1.43. The van der Waals surface area contributed by atoms with Gasteiger partial charge in [-0.3, -0.25) is 9.79 Å². The van der Waals surface area contributed by atoms with Gasteiger partial charge < -0.3 is 9.67 Å². The molecular formula is C16H15N3O2. The minimum atomic E-state index is -0.165. The number of allylic oxidation sites excluding steroid dienone is 1. The number of hydrogen-bond acceptors (Lipinski definition) is 4. The quantitative estimate of drug-likeness (QED) is 0.676. The third-order valence-electron chi connectivity index (χ3n) is 3.41. The number of imidazole rings is 1. The summed E-state index contributed by atoms with van der Waals surface area (Å²) in [5.41, 5.74) is 1.40. The van der Waals surface area contributed by atoms with Gasteiger partial charge in [-0.15, -0.1) is 0 Å². The number of Topliss-reactive ketones (excluding diaryl/α,β-unsaturated/α-hetero) is 1. The Bertz CT molecular complexity index is 715. The maximum Gasteiger partial charge on any atom is 0.199 e. The van der Waals surface area contributed by atoms with Crippen LogP contribution in [0.1, 0.15) is 22.3 Å². The van der Waals surface area contributed by atoms with Crippen LogP contribution in [0, 0.1) is 0 Å². The molecule has 5 nitrogen and oxygen atoms in total. The average molecular weight is 281 g/mol. The number of rotatable bonds is 5. The van der Waals surface area contributed by atoms with Crippen LogP contribution in [-0.2, 0) is 6.54 Å². The van der Waals surface area contributed by atoms with Gasteiger partial charge in [0, 0.05) is 42.8 Å². The third kappa shape index (κ3) is 2.63. The highest BCUT2D eigenvalue weighted by Crippen LogP contribution is 2.29. The Balaban J connectivity index is 1.62. The van der Waals surface area contributed by atoms with Gasteiger partial charge in [0.05, 0.1) is 11.9 Å². The van der Waals surface area contributed by atoms with Gasteiger partial charge in [-0.1, -0.05) is 24.3 Å². The van der Waals surface area contributed by atoms with E-state index in [-0.39, 0.29) is 17.1 Å². The highest BCUT2D eigenvalue weighted by Gasteiger charge is 2.27. The minimum Gasteiger partial charge on any atom is -0.506 e. The van der Waals surface area contributed by atoms with Crippen molar-refractivity contribution in [2.24, 2.45) is 4.99 Å². The van der Waals surface area contributed by atoms with Gasteiger partial charge >= 0.3 is 0 Å². The molecule has 1 aliphatic carbocycles. The molecule has 1 aromatic heterocycles. The van der Waals surface area contributed by atoms with Crippen LogP contribution >= 0.6 is 0 Å². The molecule has 0 bridgehead atoms. The second-order valence-corrected chi connectivity index (χ2v) is 4.83. The number of fused-ring (bicyclic) bond motifs is 1. The first kappa shape index (κ1) is 13.3. The summed E-state index contributed by atoms with van der Waals surface area (Å²) in [7, 11) is 0. The van der Waals surface area contributed by atoms with Crippen LogP contribution in [0.3, 0.4) is 0 Å². The Labute approximate surface area is 122 Å². The van der Waals surface area contributed by atoms with Crippen molar-refractivity contribution in [1.29, 1.82) is 0 Å². The normalized spacial score (nSPS) is 14.2. The number of benzene rings is 1. The molecule has 106 valence electrons. The van der Waals surface area contributed by atoms with Crippen molar-refractivity contribution in [3.63, 3.8) is 0 Å². The molecule has 1 heterocycles. The lowest BCUT2D eigenvalue weighted by atomic mass is 10.1. The lowest BCUT2D eigenvalue weighted by Crippen LogP contribution is -2.01. The van der Waals surface area contributed by atoms with E-state index in [0.29, 0.717) is 17.7 Å². The molecule has 21 heavy (non-hydrogen) atoms. The van der Waals surface area contributed by atoms with Crippen LogP contribution < -0.4 is 0 Å². The SMILES string of the molecule is O=C1C(C=NCCCn2ccnc2)=C(O)c2ccccc21. The standard InChI is InChI=1S/C16H15N3O2/c20-15-12-4-1-2-5-13(12)16(21)14(15)10-17-6-3-8-19-9-7-18-11-19/h1-2,4-5,7,9-11,20H,3,6,8H2. The molecule has 1 aliphatic rings. The molecule has 1 aromatic carbocycles. The number of aromatic nitrogens is 2. The molecule has 0 amide bonds. The fourth-order valence-corrected chi connectivity index (χ4v) is 2.32. The minimum absolute atomic E-state index is 0.0222. The fraction of sp³-hybridized carbons (Fsp3) is 0.188. The fourth-order valence-electron chi connectivity index (χ4n) is 2.32. The molecule has 2 aromatic rings. The van der Waals surface area contributed by atoms with E-state index < -0.39 is 0 Å². The molecule has 0 atom stereocenters. The Morgan fingerprint density at radius 2 is 2.10 bits per heavy atom. The Morgan fingerprint density at radius 1 is 1.29 bits per heavy atom. The zero-order valence-electron chi connectivity index (χ0n) is 11.4. The van der Waals surface area contributed by atoms with Crippen molar-refractivity contribution in [1.82, 2.24) is 9.55 Å². The number of aliphatic hydroxyl groups is 1. The van der Waals surface area contributed by atoms with E-state index in [1.54, 1.807) is 36.8 Å². The van der Waals surface area contributed by atoms with Gasteiger partial charge in [0.2, 0.25) is 0 Å². The molecule has 5 heteroatoms. The molecule has 0 unspecified atom stereocenters. The molecule has 0 radical (unpaired) electrons. The number of aliphatic hydroxyl groups excluding tert-OH is 1. The summed E-state index contributed by atoms with van der Waals surface area (Å²) in [5.74, 6) is -0.143. The monoisotopic (exact) mass is 281 g/mol. The van der Waals surface area contributed by atoms with E-state index >= 15 is 0 Å². The maximum atomic E-state index is 12.1. The summed E-state index contributed by atoms with van der Waals surface area (Å²) in [6, 6.07) is 7.04. The van der Waals surface area contributed by atoms with Gasteiger partial charge in [-0.25, -0.2) is 4.98 Å². The number of ketones is 1. The Hall–Kier alpha value is -2.69. The molecule has 0 fully saturated rings. The van der Waals surface area contributed by atoms with Crippen molar-refractivity contribution >= 4 is 17.8 Å². The van der Waals surface area contributed by atoms with E-state index in [0.717, 1.165) is 13.0 Å². The lowest BCUT2D eigenvalue weighted by Gasteiger charge is -1.98. The highest BCUT2D eigenvalue weighted by atomic mass is 16.3. The summed E-state index contributed by atoms with van der Waals surface area (Å²) in [5, 5.41) is 10.1. The van der Waals surface area contributed by atoms with Crippen LogP contribution in [0.4, 0.5) is 0 Å². The van der Waals surface area contributed by atoms with Crippen molar-refractivity contribution in [2.45, 2.75) is 13.0 Å². The number of aryl methyl sites for hydroxylation is 1. The molecule has 1 N–H and O–H groups in total. The van der Waals surface area contributed by atoms with E-state index in [2.05, 4.69) is 9.98 Å².